The summed E-state index contributed by atoms with van der Waals surface area (Å²) in [4.78, 5) is 12.4. The first-order valence-corrected chi connectivity index (χ1v) is 8.83. The van der Waals surface area contributed by atoms with Crippen LogP contribution in [-0.4, -0.2) is 5.91 Å². The number of anilines is 1. The minimum Gasteiger partial charge on any atom is -0.489 e. The van der Waals surface area contributed by atoms with Crippen molar-refractivity contribution in [2.45, 2.75) is 26.9 Å². The van der Waals surface area contributed by atoms with Crippen molar-refractivity contribution < 1.29 is 9.53 Å². The molecule has 3 rings (SSSR count). The van der Waals surface area contributed by atoms with E-state index in [-0.39, 0.29) is 5.91 Å². The number of nitrogens with one attached hydrogen (secondary N) is 1. The van der Waals surface area contributed by atoms with Crippen molar-refractivity contribution in [3.8, 4) is 5.75 Å². The van der Waals surface area contributed by atoms with Crippen LogP contribution in [0.15, 0.2) is 72.8 Å². The van der Waals surface area contributed by atoms with Gasteiger partial charge in [0.2, 0.25) is 0 Å². The molecule has 0 aliphatic rings. The summed E-state index contributed by atoms with van der Waals surface area (Å²) < 4.78 is 5.79. The maximum atomic E-state index is 12.4. The number of rotatable bonds is 6. The van der Waals surface area contributed by atoms with Gasteiger partial charge in [-0.2, -0.15) is 0 Å². The number of carbonyl (C=O) groups is 1. The average molecular weight is 345 g/mol. The molecule has 0 bridgehead atoms. The van der Waals surface area contributed by atoms with Gasteiger partial charge in [-0.15, -0.1) is 0 Å². The van der Waals surface area contributed by atoms with E-state index in [0.717, 1.165) is 23.4 Å². The first-order chi connectivity index (χ1) is 12.6. The maximum Gasteiger partial charge on any atom is 0.255 e. The van der Waals surface area contributed by atoms with Crippen LogP contribution in [0.1, 0.15) is 34.0 Å². The summed E-state index contributed by atoms with van der Waals surface area (Å²) in [7, 11) is 0. The fourth-order valence-electron chi connectivity index (χ4n) is 2.65. The van der Waals surface area contributed by atoms with Gasteiger partial charge in [0.05, 0.1) is 0 Å². The molecule has 132 valence electrons. The lowest BCUT2D eigenvalue weighted by atomic mass is 10.1. The van der Waals surface area contributed by atoms with Gasteiger partial charge in [0.25, 0.3) is 5.91 Å². The van der Waals surface area contributed by atoms with E-state index >= 15 is 0 Å². The van der Waals surface area contributed by atoms with E-state index in [9.17, 15) is 4.79 Å². The molecule has 3 nitrogen and oxygen atoms in total. The number of aryl methyl sites for hydroxylation is 2. The molecule has 0 saturated carbocycles. The molecular weight excluding hydrogens is 322 g/mol. The monoisotopic (exact) mass is 345 g/mol. The lowest BCUT2D eigenvalue weighted by Crippen LogP contribution is -2.12. The average Bonchev–Trinajstić information content (AvgIpc) is 2.67. The Bertz CT molecular complexity index is 867. The predicted octanol–water partition coefficient (Wildman–Crippen LogP) is 5.39. The highest BCUT2D eigenvalue weighted by molar-refractivity contribution is 6.04. The summed E-state index contributed by atoms with van der Waals surface area (Å²) >= 11 is 0. The van der Waals surface area contributed by atoms with E-state index in [1.807, 2.05) is 79.7 Å². The predicted molar refractivity (Wildman–Crippen MR) is 106 cm³/mol. The third kappa shape index (κ3) is 4.73. The Kier molecular flexibility index (Phi) is 5.69. The van der Waals surface area contributed by atoms with Gasteiger partial charge in [0, 0.05) is 11.3 Å². The molecular formula is C23H23NO2. The molecule has 3 heteroatoms. The Hall–Kier alpha value is -3.07. The highest BCUT2D eigenvalue weighted by Crippen LogP contribution is 2.16. The molecule has 0 saturated heterocycles. The first kappa shape index (κ1) is 17.7. The number of hydrogen-bond acceptors (Lipinski definition) is 2. The van der Waals surface area contributed by atoms with Crippen molar-refractivity contribution in [1.29, 1.82) is 0 Å². The lowest BCUT2D eigenvalue weighted by molar-refractivity contribution is 0.102. The maximum absolute atomic E-state index is 12.4. The summed E-state index contributed by atoms with van der Waals surface area (Å²) in [5, 5.41) is 2.92. The van der Waals surface area contributed by atoms with Gasteiger partial charge in [-0.25, -0.2) is 0 Å². The van der Waals surface area contributed by atoms with Crippen molar-refractivity contribution in [3.63, 3.8) is 0 Å². The summed E-state index contributed by atoms with van der Waals surface area (Å²) in [6, 6.07) is 23.4. The summed E-state index contributed by atoms with van der Waals surface area (Å²) in [5.74, 6) is 0.739. The van der Waals surface area contributed by atoms with Crippen molar-refractivity contribution >= 4 is 11.6 Å². The fourth-order valence-corrected chi connectivity index (χ4v) is 2.65. The zero-order chi connectivity index (χ0) is 18.4. The molecule has 0 atom stereocenters. The zero-order valence-electron chi connectivity index (χ0n) is 15.2. The molecule has 0 heterocycles. The van der Waals surface area contributed by atoms with Gasteiger partial charge < -0.3 is 10.1 Å². The molecule has 3 aromatic carbocycles. The Morgan fingerprint density at radius 2 is 1.62 bits per heavy atom. The van der Waals surface area contributed by atoms with Gasteiger partial charge in [-0.3, -0.25) is 4.79 Å². The van der Waals surface area contributed by atoms with E-state index in [1.165, 1.54) is 11.1 Å². The number of hydrogen-bond donors (Lipinski definition) is 1. The molecule has 0 aliphatic carbocycles. The minimum atomic E-state index is -0.111. The zero-order valence-corrected chi connectivity index (χ0v) is 15.2. The van der Waals surface area contributed by atoms with Gasteiger partial charge in [0.1, 0.15) is 12.4 Å². The van der Waals surface area contributed by atoms with Gasteiger partial charge in [0.15, 0.2) is 0 Å². The smallest absolute Gasteiger partial charge is 0.255 e. The van der Waals surface area contributed by atoms with Crippen molar-refractivity contribution in [1.82, 2.24) is 0 Å². The van der Waals surface area contributed by atoms with Crippen LogP contribution in [0, 0.1) is 6.92 Å². The molecule has 0 unspecified atom stereocenters. The topological polar surface area (TPSA) is 38.3 Å². The molecule has 1 amide bonds. The van der Waals surface area contributed by atoms with Crippen molar-refractivity contribution in [2.24, 2.45) is 0 Å². The Labute approximate surface area is 154 Å². The second-order valence-electron chi connectivity index (χ2n) is 6.31. The normalized spacial score (nSPS) is 10.4. The van der Waals surface area contributed by atoms with Crippen molar-refractivity contribution in [2.75, 3.05) is 5.32 Å². The Morgan fingerprint density at radius 1 is 0.923 bits per heavy atom. The third-order valence-electron chi connectivity index (χ3n) is 4.23. The molecule has 3 aromatic rings. The van der Waals surface area contributed by atoms with Crippen LogP contribution >= 0.6 is 0 Å². The van der Waals surface area contributed by atoms with Crippen LogP contribution in [0.5, 0.6) is 5.75 Å². The van der Waals surface area contributed by atoms with Gasteiger partial charge in [-0.05, 0) is 66.4 Å². The van der Waals surface area contributed by atoms with E-state index in [1.54, 1.807) is 0 Å². The number of benzene rings is 3. The van der Waals surface area contributed by atoms with E-state index in [4.69, 9.17) is 4.74 Å². The highest BCUT2D eigenvalue weighted by Gasteiger charge is 2.06. The summed E-state index contributed by atoms with van der Waals surface area (Å²) in [6.07, 6.45) is 0.986. The van der Waals surface area contributed by atoms with Gasteiger partial charge >= 0.3 is 0 Å². The SMILES string of the molecule is CCc1ccc(NC(=O)c2ccc(COc3cccc(C)c3)cc2)cc1. The summed E-state index contributed by atoms with van der Waals surface area (Å²) in [5.41, 5.74) is 4.88. The van der Waals surface area contributed by atoms with E-state index in [2.05, 4.69) is 12.2 Å². The van der Waals surface area contributed by atoms with Crippen LogP contribution in [0.3, 0.4) is 0 Å². The third-order valence-corrected chi connectivity index (χ3v) is 4.23. The molecule has 0 aromatic heterocycles. The molecule has 0 fully saturated rings. The number of carbonyl (C=O) groups excluding carboxylic acids is 1. The second kappa shape index (κ2) is 8.34. The summed E-state index contributed by atoms with van der Waals surface area (Å²) in [6.45, 7) is 4.62. The van der Waals surface area contributed by atoms with Crippen molar-refractivity contribution in [3.05, 3.63) is 95.1 Å². The van der Waals surface area contributed by atoms with Crippen LogP contribution in [-0.2, 0) is 13.0 Å². The standard InChI is InChI=1S/C23H23NO2/c1-3-18-9-13-21(14-10-18)24-23(25)20-11-7-19(8-12-20)16-26-22-6-4-5-17(2)15-22/h4-15H,3,16H2,1-2H3,(H,24,25). The highest BCUT2D eigenvalue weighted by atomic mass is 16.5. The van der Waals surface area contributed by atoms with Gasteiger partial charge in [-0.1, -0.05) is 43.3 Å². The lowest BCUT2D eigenvalue weighted by Gasteiger charge is -2.09. The fraction of sp³-hybridized carbons (Fsp3) is 0.174. The number of ether oxygens (including phenoxy) is 1. The Balaban J connectivity index is 1.58. The number of amides is 1. The minimum absolute atomic E-state index is 0.111. The molecule has 26 heavy (non-hydrogen) atoms. The molecule has 0 spiro atoms. The van der Waals surface area contributed by atoms with Crippen LogP contribution in [0.2, 0.25) is 0 Å². The van der Waals surface area contributed by atoms with E-state index < -0.39 is 0 Å². The Morgan fingerprint density at radius 3 is 2.27 bits per heavy atom. The van der Waals surface area contributed by atoms with Crippen LogP contribution in [0.25, 0.3) is 0 Å². The largest absolute Gasteiger partial charge is 0.489 e. The molecule has 0 aliphatic heterocycles. The van der Waals surface area contributed by atoms with E-state index in [0.29, 0.717) is 12.2 Å². The van der Waals surface area contributed by atoms with Crippen LogP contribution < -0.4 is 10.1 Å². The van der Waals surface area contributed by atoms with Crippen LogP contribution in [0.4, 0.5) is 5.69 Å². The quantitative estimate of drug-likeness (QED) is 0.650. The second-order valence-corrected chi connectivity index (χ2v) is 6.31. The molecule has 1 N–H and O–H groups in total. The first-order valence-electron chi connectivity index (χ1n) is 8.83. The molecule has 0 radical (unpaired) electrons.